The molecule has 0 unspecified atom stereocenters. The molecule has 0 aromatic carbocycles. The van der Waals surface area contributed by atoms with E-state index in [-0.39, 0.29) is 5.82 Å². The summed E-state index contributed by atoms with van der Waals surface area (Å²) < 4.78 is 1.34. The van der Waals surface area contributed by atoms with Crippen molar-refractivity contribution in [2.24, 2.45) is 17.1 Å². The van der Waals surface area contributed by atoms with Gasteiger partial charge in [-0.1, -0.05) is 0 Å². The molecule has 0 amide bonds. The number of nitrogens with one attached hydrogen (secondary N) is 2. The molecule has 1 aromatic rings. The third-order valence-electron chi connectivity index (χ3n) is 2.21. The van der Waals surface area contributed by atoms with Crippen molar-refractivity contribution in [3.63, 3.8) is 0 Å². The topological polar surface area (TPSA) is 110 Å². The first-order chi connectivity index (χ1) is 8.18. The Kier molecular flexibility index (Phi) is 2.99. The molecular formula is C8H11N7O2. The molecule has 0 spiro atoms. The van der Waals surface area contributed by atoms with Crippen molar-refractivity contribution in [3.8, 4) is 0 Å². The Labute approximate surface area is 96.4 Å². The van der Waals surface area contributed by atoms with Crippen LogP contribution in [0, 0.1) is 10.1 Å². The number of rotatable bonds is 3. The molecule has 0 bridgehead atoms. The summed E-state index contributed by atoms with van der Waals surface area (Å²) in [6.07, 6.45) is 2.59. The van der Waals surface area contributed by atoms with Crippen LogP contribution in [0.5, 0.6) is 0 Å². The highest BCUT2D eigenvalue weighted by Crippen LogP contribution is 2.09. The lowest BCUT2D eigenvalue weighted by molar-refractivity contribution is -0.391. The lowest BCUT2D eigenvalue weighted by atomic mass is 10.6. The molecule has 1 aromatic heterocycles. The van der Waals surface area contributed by atoms with E-state index >= 15 is 0 Å². The van der Waals surface area contributed by atoms with Gasteiger partial charge in [-0.2, -0.15) is 5.10 Å². The molecule has 2 rings (SSSR count). The Hall–Kier alpha value is -2.45. The van der Waals surface area contributed by atoms with E-state index in [1.807, 2.05) is 0 Å². The molecule has 1 aliphatic heterocycles. The van der Waals surface area contributed by atoms with Gasteiger partial charge in [0.05, 0.1) is 13.6 Å². The number of nitrogens with zero attached hydrogens (tertiary/aromatic N) is 5. The monoisotopic (exact) mass is 237 g/mol. The molecule has 9 nitrogen and oxygen atoms in total. The average molecular weight is 237 g/mol. The van der Waals surface area contributed by atoms with E-state index < -0.39 is 4.92 Å². The summed E-state index contributed by atoms with van der Waals surface area (Å²) in [5, 5.41) is 17.4. The fourth-order valence-corrected chi connectivity index (χ4v) is 1.33. The minimum Gasteiger partial charge on any atom is -0.358 e. The zero-order chi connectivity index (χ0) is 12.3. The van der Waals surface area contributed by atoms with E-state index in [1.54, 1.807) is 7.05 Å². The maximum atomic E-state index is 10.6. The lowest BCUT2D eigenvalue weighted by Crippen LogP contribution is -2.30. The Morgan fingerprint density at radius 2 is 2.59 bits per heavy atom. The van der Waals surface area contributed by atoms with Crippen LogP contribution in [0.4, 0.5) is 5.82 Å². The first kappa shape index (κ1) is 11.0. The number of hydrogen-bond donors (Lipinski definition) is 2. The smallest absolute Gasteiger partial charge is 0.342 e. The minimum atomic E-state index is -0.500. The van der Waals surface area contributed by atoms with E-state index in [2.05, 4.69) is 25.8 Å². The first-order valence-electron chi connectivity index (χ1n) is 4.92. The summed E-state index contributed by atoms with van der Waals surface area (Å²) in [6.45, 7) is 1.50. The van der Waals surface area contributed by atoms with Gasteiger partial charge >= 0.3 is 5.82 Å². The van der Waals surface area contributed by atoms with Crippen molar-refractivity contribution in [3.05, 3.63) is 22.1 Å². The zero-order valence-electron chi connectivity index (χ0n) is 9.12. The van der Waals surface area contributed by atoms with Gasteiger partial charge in [0.25, 0.3) is 0 Å². The molecule has 0 saturated carbocycles. The summed E-state index contributed by atoms with van der Waals surface area (Å²) in [4.78, 5) is 18.0. The highest BCUT2D eigenvalue weighted by molar-refractivity contribution is 5.83. The van der Waals surface area contributed by atoms with Gasteiger partial charge in [-0.05, 0) is 4.92 Å². The predicted molar refractivity (Wildman–Crippen MR) is 60.9 cm³/mol. The maximum Gasteiger partial charge on any atom is 0.342 e. The van der Waals surface area contributed by atoms with Crippen LogP contribution in [0.1, 0.15) is 5.82 Å². The lowest BCUT2D eigenvalue weighted by Gasteiger charge is -1.98. The summed E-state index contributed by atoms with van der Waals surface area (Å²) in [7, 11) is 1.55. The first-order valence-corrected chi connectivity index (χ1v) is 4.92. The van der Waals surface area contributed by atoms with Crippen LogP contribution >= 0.6 is 0 Å². The fraction of sp³-hybridized carbons (Fsp3) is 0.375. The number of aromatic nitrogens is 2. The van der Waals surface area contributed by atoms with Crippen LogP contribution < -0.4 is 10.7 Å². The summed E-state index contributed by atoms with van der Waals surface area (Å²) >= 11 is 0. The molecule has 0 radical (unpaired) electrons. The number of nitro groups is 1. The van der Waals surface area contributed by atoms with Crippen molar-refractivity contribution >= 4 is 18.0 Å². The molecule has 2 N–H and O–H groups in total. The quantitative estimate of drug-likeness (QED) is 0.406. The van der Waals surface area contributed by atoms with Gasteiger partial charge < -0.3 is 15.4 Å². The number of hydrazone groups is 1. The summed E-state index contributed by atoms with van der Waals surface area (Å²) in [5.74, 6) is 0.899. The zero-order valence-corrected chi connectivity index (χ0v) is 9.12. The highest BCUT2D eigenvalue weighted by Gasteiger charge is 2.14. The van der Waals surface area contributed by atoms with Crippen LogP contribution in [0.25, 0.3) is 0 Å². The molecular weight excluding hydrogens is 226 g/mol. The third-order valence-corrected chi connectivity index (χ3v) is 2.21. The van der Waals surface area contributed by atoms with Crippen molar-refractivity contribution in [1.29, 1.82) is 0 Å². The van der Waals surface area contributed by atoms with Crippen LogP contribution in [0.2, 0.25) is 0 Å². The highest BCUT2D eigenvalue weighted by atomic mass is 16.6. The fourth-order valence-electron chi connectivity index (χ4n) is 1.33. The van der Waals surface area contributed by atoms with Crippen molar-refractivity contribution in [2.45, 2.75) is 0 Å². The second kappa shape index (κ2) is 4.60. The standard InChI is InChI=1S/C8H11N7O2/c1-14-6(11-5-7(14)15(16)17)4-12-13-8-9-2-3-10-8/h4-5H,2-3H2,1H3,(H2,9,10,13). The van der Waals surface area contributed by atoms with Gasteiger partial charge in [0, 0.05) is 6.54 Å². The van der Waals surface area contributed by atoms with E-state index in [1.165, 1.54) is 17.0 Å². The molecule has 0 aliphatic carbocycles. The van der Waals surface area contributed by atoms with Gasteiger partial charge in [0.1, 0.15) is 12.4 Å². The van der Waals surface area contributed by atoms with E-state index in [0.29, 0.717) is 18.3 Å². The van der Waals surface area contributed by atoms with E-state index in [9.17, 15) is 10.1 Å². The molecule has 0 fully saturated rings. The second-order valence-corrected chi connectivity index (χ2v) is 3.32. The predicted octanol–water partition coefficient (Wildman–Crippen LogP) is -0.789. The van der Waals surface area contributed by atoms with Crippen LogP contribution in [0.3, 0.4) is 0 Å². The minimum absolute atomic E-state index is 0.0808. The van der Waals surface area contributed by atoms with Gasteiger partial charge in [0.15, 0.2) is 0 Å². The number of imidazole rings is 1. The van der Waals surface area contributed by atoms with Gasteiger partial charge in [-0.3, -0.25) is 0 Å². The Balaban J connectivity index is 2.03. The number of guanidine groups is 1. The van der Waals surface area contributed by atoms with Gasteiger partial charge in [-0.15, -0.1) is 0 Å². The average Bonchev–Trinajstić information content (AvgIpc) is 2.89. The second-order valence-electron chi connectivity index (χ2n) is 3.32. The molecule has 0 atom stereocenters. The van der Waals surface area contributed by atoms with Crippen molar-refractivity contribution in [2.75, 3.05) is 13.1 Å². The Morgan fingerprint density at radius 1 is 1.76 bits per heavy atom. The Morgan fingerprint density at radius 3 is 3.18 bits per heavy atom. The number of aliphatic imine (C=N–C) groups is 1. The van der Waals surface area contributed by atoms with Crippen LogP contribution in [0.15, 0.2) is 16.3 Å². The molecule has 1 aliphatic rings. The third kappa shape index (κ3) is 2.38. The molecule has 0 saturated heterocycles. The summed E-state index contributed by atoms with van der Waals surface area (Å²) in [5.41, 5.74) is 2.68. The van der Waals surface area contributed by atoms with Gasteiger partial charge in [-0.25, -0.2) is 20.0 Å². The molecule has 90 valence electrons. The Bertz CT molecular complexity index is 490. The van der Waals surface area contributed by atoms with Crippen molar-refractivity contribution in [1.82, 2.24) is 20.3 Å². The van der Waals surface area contributed by atoms with Gasteiger partial charge in [0.2, 0.25) is 11.8 Å². The van der Waals surface area contributed by atoms with E-state index in [4.69, 9.17) is 0 Å². The van der Waals surface area contributed by atoms with Crippen LogP contribution in [-0.2, 0) is 7.05 Å². The molecule has 9 heteroatoms. The largest absolute Gasteiger partial charge is 0.358 e. The van der Waals surface area contributed by atoms with E-state index in [0.717, 1.165) is 6.54 Å². The SMILES string of the molecule is Cn1c([N+](=O)[O-])cnc1C=NNC1=NCCN1. The number of hydrogen-bond acceptors (Lipinski definition) is 7. The molecule has 2 heterocycles. The summed E-state index contributed by atoms with van der Waals surface area (Å²) in [6, 6.07) is 0. The maximum absolute atomic E-state index is 10.6. The molecule has 17 heavy (non-hydrogen) atoms. The van der Waals surface area contributed by atoms with Crippen molar-refractivity contribution < 1.29 is 4.92 Å². The normalized spacial score (nSPS) is 14.8. The van der Waals surface area contributed by atoms with Crippen LogP contribution in [-0.4, -0.2) is 39.7 Å².